The Morgan fingerprint density at radius 2 is 1.66 bits per heavy atom. The van der Waals surface area contributed by atoms with Crippen molar-refractivity contribution >= 4 is 34.0 Å². The van der Waals surface area contributed by atoms with E-state index >= 15 is 0 Å². The smallest absolute Gasteiger partial charge is 0.257 e. The van der Waals surface area contributed by atoms with Gasteiger partial charge in [-0.25, -0.2) is 4.98 Å². The number of rotatable bonds is 8. The van der Waals surface area contributed by atoms with E-state index in [9.17, 15) is 9.59 Å². The van der Waals surface area contributed by atoms with E-state index < -0.39 is 0 Å². The molecule has 0 radical (unpaired) electrons. The van der Waals surface area contributed by atoms with Crippen molar-refractivity contribution in [2.45, 2.75) is 6.42 Å². The quantitative estimate of drug-likeness (QED) is 0.511. The third-order valence-corrected chi connectivity index (χ3v) is 6.58. The highest BCUT2D eigenvalue weighted by molar-refractivity contribution is 7.14. The van der Waals surface area contributed by atoms with Crippen LogP contribution < -0.4 is 24.4 Å². The standard InChI is InChI=1S/C25H28N4O5S/c1-32-19-12-17(13-20(15-19)33-2)24(31)27-25-26-18(16-35-25)14-23(30)29-10-8-28(9-11-29)21-6-4-5-7-22(21)34-3/h4-7,12-13,15-16H,8-11,14H2,1-3H3,(H,26,27,31). The van der Waals surface area contributed by atoms with E-state index in [0.717, 1.165) is 24.5 Å². The molecule has 2 aromatic carbocycles. The molecular formula is C25H28N4O5S. The first-order valence-corrected chi connectivity index (χ1v) is 12.0. The summed E-state index contributed by atoms with van der Waals surface area (Å²) < 4.78 is 15.9. The molecule has 0 aliphatic carbocycles. The van der Waals surface area contributed by atoms with Crippen LogP contribution in [-0.2, 0) is 11.2 Å². The molecule has 2 heterocycles. The second kappa shape index (κ2) is 11.1. The maximum Gasteiger partial charge on any atom is 0.257 e. The average molecular weight is 497 g/mol. The minimum absolute atomic E-state index is 0.0189. The predicted molar refractivity (Wildman–Crippen MR) is 135 cm³/mol. The number of thiazole rings is 1. The Kier molecular flexibility index (Phi) is 7.71. The van der Waals surface area contributed by atoms with Gasteiger partial charge in [0.05, 0.1) is 39.1 Å². The van der Waals surface area contributed by atoms with Crippen molar-refractivity contribution in [2.24, 2.45) is 0 Å². The van der Waals surface area contributed by atoms with Crippen molar-refractivity contribution in [3.05, 3.63) is 59.1 Å². The molecule has 0 unspecified atom stereocenters. The monoisotopic (exact) mass is 496 g/mol. The largest absolute Gasteiger partial charge is 0.497 e. The third-order valence-electron chi connectivity index (χ3n) is 5.78. The van der Waals surface area contributed by atoms with Crippen molar-refractivity contribution in [3.63, 3.8) is 0 Å². The first kappa shape index (κ1) is 24.3. The number of methoxy groups -OCH3 is 3. The van der Waals surface area contributed by atoms with E-state index in [4.69, 9.17) is 14.2 Å². The number of nitrogens with one attached hydrogen (secondary N) is 1. The zero-order chi connectivity index (χ0) is 24.8. The number of amides is 2. The second-order valence-corrected chi connectivity index (χ2v) is 8.77. The number of hydrogen-bond donors (Lipinski definition) is 1. The Balaban J connectivity index is 1.32. The maximum absolute atomic E-state index is 12.9. The van der Waals surface area contributed by atoms with Gasteiger partial charge in [0.15, 0.2) is 5.13 Å². The lowest BCUT2D eigenvalue weighted by Gasteiger charge is -2.36. The lowest BCUT2D eigenvalue weighted by atomic mass is 10.2. The topological polar surface area (TPSA) is 93.2 Å². The molecule has 0 saturated carbocycles. The van der Waals surface area contributed by atoms with Crippen LogP contribution in [0.5, 0.6) is 17.2 Å². The molecule has 3 aromatic rings. The van der Waals surface area contributed by atoms with Crippen LogP contribution >= 0.6 is 11.3 Å². The van der Waals surface area contributed by atoms with Crippen LogP contribution in [0.15, 0.2) is 47.8 Å². The van der Waals surface area contributed by atoms with Crippen LogP contribution in [-0.4, -0.2) is 69.2 Å². The number of para-hydroxylation sites is 2. The SMILES string of the molecule is COc1cc(OC)cc(C(=O)Nc2nc(CC(=O)N3CCN(c4ccccc4OC)CC3)cs2)c1. The van der Waals surface area contributed by atoms with Crippen molar-refractivity contribution in [2.75, 3.05) is 57.7 Å². The van der Waals surface area contributed by atoms with Crippen molar-refractivity contribution in [3.8, 4) is 17.2 Å². The minimum Gasteiger partial charge on any atom is -0.497 e. The van der Waals surface area contributed by atoms with E-state index in [1.165, 1.54) is 25.6 Å². The molecular weight excluding hydrogens is 468 g/mol. The predicted octanol–water partition coefficient (Wildman–Crippen LogP) is 3.31. The molecule has 1 N–H and O–H groups in total. The summed E-state index contributed by atoms with van der Waals surface area (Å²) in [6.45, 7) is 2.72. The molecule has 1 aromatic heterocycles. The van der Waals surface area contributed by atoms with Gasteiger partial charge in [-0.2, -0.15) is 0 Å². The number of benzene rings is 2. The van der Waals surface area contributed by atoms with Crippen LogP contribution in [0.2, 0.25) is 0 Å². The van der Waals surface area contributed by atoms with E-state index in [2.05, 4.69) is 15.2 Å². The fraction of sp³-hybridized carbons (Fsp3) is 0.320. The molecule has 0 bridgehead atoms. The number of carbonyl (C=O) groups is 2. The molecule has 9 nitrogen and oxygen atoms in total. The summed E-state index contributed by atoms with van der Waals surface area (Å²) in [7, 11) is 4.72. The molecule has 35 heavy (non-hydrogen) atoms. The average Bonchev–Trinajstić information content (AvgIpc) is 3.34. The van der Waals surface area contributed by atoms with Crippen LogP contribution in [0.3, 0.4) is 0 Å². The highest BCUT2D eigenvalue weighted by atomic mass is 32.1. The first-order chi connectivity index (χ1) is 17.0. The molecule has 0 spiro atoms. The Hall–Kier alpha value is -3.79. The molecule has 184 valence electrons. The highest BCUT2D eigenvalue weighted by Crippen LogP contribution is 2.28. The zero-order valence-corrected chi connectivity index (χ0v) is 20.8. The highest BCUT2D eigenvalue weighted by Gasteiger charge is 2.23. The summed E-state index contributed by atoms with van der Waals surface area (Å²) in [5, 5.41) is 5.01. The number of aromatic nitrogens is 1. The summed E-state index contributed by atoms with van der Waals surface area (Å²) in [5.74, 6) is 1.56. The van der Waals surface area contributed by atoms with Crippen molar-refractivity contribution in [1.29, 1.82) is 0 Å². The normalized spacial score (nSPS) is 13.3. The lowest BCUT2D eigenvalue weighted by Crippen LogP contribution is -2.49. The molecule has 10 heteroatoms. The number of ether oxygens (including phenoxy) is 3. The van der Waals surface area contributed by atoms with E-state index in [-0.39, 0.29) is 18.2 Å². The summed E-state index contributed by atoms with van der Waals surface area (Å²) in [6.07, 6.45) is 0.189. The van der Waals surface area contributed by atoms with Crippen LogP contribution in [0.25, 0.3) is 0 Å². The fourth-order valence-corrected chi connectivity index (χ4v) is 4.61. The summed E-state index contributed by atoms with van der Waals surface area (Å²) in [5.41, 5.74) is 2.06. The Labute approximate surface area is 208 Å². The van der Waals surface area contributed by atoms with Crippen LogP contribution in [0.4, 0.5) is 10.8 Å². The van der Waals surface area contributed by atoms with E-state index in [1.54, 1.807) is 30.7 Å². The maximum atomic E-state index is 12.9. The number of hydrogen-bond acceptors (Lipinski definition) is 8. The van der Waals surface area contributed by atoms with E-state index in [1.807, 2.05) is 29.2 Å². The van der Waals surface area contributed by atoms with Gasteiger partial charge in [-0.15, -0.1) is 11.3 Å². The fourth-order valence-electron chi connectivity index (χ4n) is 3.91. The van der Waals surface area contributed by atoms with Gasteiger partial charge in [0.2, 0.25) is 5.91 Å². The first-order valence-electron chi connectivity index (χ1n) is 11.1. The number of piperazine rings is 1. The van der Waals surface area contributed by atoms with Crippen molar-refractivity contribution in [1.82, 2.24) is 9.88 Å². The second-order valence-electron chi connectivity index (χ2n) is 7.92. The summed E-state index contributed by atoms with van der Waals surface area (Å²) in [6, 6.07) is 12.8. The lowest BCUT2D eigenvalue weighted by molar-refractivity contribution is -0.130. The van der Waals surface area contributed by atoms with E-state index in [0.29, 0.717) is 41.0 Å². The molecule has 1 saturated heterocycles. The van der Waals surface area contributed by atoms with Crippen LogP contribution in [0.1, 0.15) is 16.1 Å². The Morgan fingerprint density at radius 1 is 0.971 bits per heavy atom. The number of carbonyl (C=O) groups excluding carboxylic acids is 2. The van der Waals surface area contributed by atoms with Gasteiger partial charge in [-0.1, -0.05) is 12.1 Å². The molecule has 1 aliphatic heterocycles. The number of nitrogens with zero attached hydrogens (tertiary/aromatic N) is 3. The third kappa shape index (κ3) is 5.83. The van der Waals surface area contributed by atoms with Gasteiger partial charge in [0, 0.05) is 43.2 Å². The molecule has 2 amide bonds. The number of anilines is 2. The molecule has 0 atom stereocenters. The molecule has 1 aliphatic rings. The van der Waals surface area contributed by atoms with Gasteiger partial charge in [-0.3, -0.25) is 14.9 Å². The van der Waals surface area contributed by atoms with Crippen molar-refractivity contribution < 1.29 is 23.8 Å². The van der Waals surface area contributed by atoms with Gasteiger partial charge in [0.25, 0.3) is 5.91 Å². The summed E-state index contributed by atoms with van der Waals surface area (Å²) in [4.78, 5) is 34.1. The van der Waals surface area contributed by atoms with Gasteiger partial charge in [0.1, 0.15) is 17.2 Å². The minimum atomic E-state index is -0.332. The van der Waals surface area contributed by atoms with Gasteiger partial charge < -0.3 is 24.0 Å². The molecule has 1 fully saturated rings. The Morgan fingerprint density at radius 3 is 2.31 bits per heavy atom. The Bertz CT molecular complexity index is 1170. The van der Waals surface area contributed by atoms with Gasteiger partial charge >= 0.3 is 0 Å². The van der Waals surface area contributed by atoms with Crippen LogP contribution in [0, 0.1) is 0 Å². The zero-order valence-electron chi connectivity index (χ0n) is 19.9. The van der Waals surface area contributed by atoms with Gasteiger partial charge in [-0.05, 0) is 24.3 Å². The molecule has 4 rings (SSSR count). The summed E-state index contributed by atoms with van der Waals surface area (Å²) >= 11 is 1.28.